The first kappa shape index (κ1) is 11.9. The Morgan fingerprint density at radius 1 is 1.33 bits per heavy atom. The maximum Gasteiger partial charge on any atom is 0.269 e. The van der Waals surface area contributed by atoms with Gasteiger partial charge in [-0.3, -0.25) is 10.1 Å². The third kappa shape index (κ3) is 2.97. The van der Waals surface area contributed by atoms with Gasteiger partial charge in [-0.1, -0.05) is 12.1 Å². The molecule has 2 rings (SSSR count). The summed E-state index contributed by atoms with van der Waals surface area (Å²) in [5, 5.41) is 13.4. The van der Waals surface area contributed by atoms with Crippen molar-refractivity contribution in [1.29, 1.82) is 0 Å². The molecular formula is C11H9FN4O2. The fourth-order valence-electron chi connectivity index (χ4n) is 1.40. The number of anilines is 1. The number of hydrogen-bond acceptors (Lipinski definition) is 5. The summed E-state index contributed by atoms with van der Waals surface area (Å²) in [6.45, 7) is 0.318. The van der Waals surface area contributed by atoms with Crippen molar-refractivity contribution in [2.75, 3.05) is 5.32 Å². The van der Waals surface area contributed by atoms with Crippen LogP contribution in [0.1, 0.15) is 5.56 Å². The Morgan fingerprint density at radius 2 is 2.17 bits per heavy atom. The highest BCUT2D eigenvalue weighted by atomic mass is 19.1. The summed E-state index contributed by atoms with van der Waals surface area (Å²) in [7, 11) is 0. The van der Waals surface area contributed by atoms with Crippen molar-refractivity contribution in [3.63, 3.8) is 0 Å². The van der Waals surface area contributed by atoms with E-state index in [0.29, 0.717) is 17.9 Å². The molecule has 0 aliphatic heterocycles. The molecule has 0 unspecified atom stereocenters. The van der Waals surface area contributed by atoms with Crippen LogP contribution in [0.15, 0.2) is 36.7 Å². The highest BCUT2D eigenvalue weighted by Gasteiger charge is 2.05. The zero-order valence-electron chi connectivity index (χ0n) is 9.21. The van der Waals surface area contributed by atoms with Crippen molar-refractivity contribution in [1.82, 2.24) is 9.97 Å². The number of nitrogens with one attached hydrogen (secondary N) is 1. The number of nitro benzene ring substituents is 1. The minimum absolute atomic E-state index is 0.0168. The molecule has 18 heavy (non-hydrogen) atoms. The molecule has 1 heterocycles. The Balaban J connectivity index is 2.06. The molecule has 1 N–H and O–H groups in total. The topological polar surface area (TPSA) is 81.0 Å². The Kier molecular flexibility index (Phi) is 3.42. The van der Waals surface area contributed by atoms with E-state index in [1.54, 1.807) is 12.1 Å². The molecule has 1 aromatic carbocycles. The summed E-state index contributed by atoms with van der Waals surface area (Å²) in [4.78, 5) is 17.3. The number of benzene rings is 1. The second kappa shape index (κ2) is 5.17. The molecule has 0 spiro atoms. The highest BCUT2D eigenvalue weighted by molar-refractivity contribution is 5.38. The Hall–Kier alpha value is -2.57. The van der Waals surface area contributed by atoms with E-state index in [-0.39, 0.29) is 5.69 Å². The Labute approximate surface area is 102 Å². The number of rotatable bonds is 4. The van der Waals surface area contributed by atoms with Gasteiger partial charge in [-0.2, -0.15) is 4.39 Å². The number of aromatic nitrogens is 2. The predicted molar refractivity (Wildman–Crippen MR) is 62.4 cm³/mol. The lowest BCUT2D eigenvalue weighted by Crippen LogP contribution is -2.02. The fraction of sp³-hybridized carbons (Fsp3) is 0.0909. The normalized spacial score (nSPS) is 10.1. The van der Waals surface area contributed by atoms with Crippen molar-refractivity contribution < 1.29 is 9.31 Å². The lowest BCUT2D eigenvalue weighted by molar-refractivity contribution is -0.384. The molecule has 0 aliphatic carbocycles. The zero-order valence-corrected chi connectivity index (χ0v) is 9.21. The van der Waals surface area contributed by atoms with Crippen LogP contribution < -0.4 is 5.32 Å². The van der Waals surface area contributed by atoms with Crippen molar-refractivity contribution in [3.05, 3.63) is 58.3 Å². The van der Waals surface area contributed by atoms with Gasteiger partial charge < -0.3 is 5.32 Å². The predicted octanol–water partition coefficient (Wildman–Crippen LogP) is 2.14. The average molecular weight is 248 g/mol. The van der Waals surface area contributed by atoms with Crippen LogP contribution in [0.2, 0.25) is 0 Å². The van der Waals surface area contributed by atoms with Crippen molar-refractivity contribution in [2.45, 2.75) is 6.54 Å². The maximum absolute atomic E-state index is 12.8. The van der Waals surface area contributed by atoms with Crippen LogP contribution >= 0.6 is 0 Å². The summed E-state index contributed by atoms with van der Waals surface area (Å²) in [6, 6.07) is 7.34. The van der Waals surface area contributed by atoms with Gasteiger partial charge in [0.15, 0.2) is 0 Å². The molecule has 6 nitrogen and oxygen atoms in total. The lowest BCUT2D eigenvalue weighted by Gasteiger charge is -2.04. The number of hydrogen-bond donors (Lipinski definition) is 1. The van der Waals surface area contributed by atoms with E-state index in [1.165, 1.54) is 12.1 Å². The molecule has 0 aliphatic rings. The van der Waals surface area contributed by atoms with Gasteiger partial charge >= 0.3 is 0 Å². The lowest BCUT2D eigenvalue weighted by atomic mass is 10.2. The van der Waals surface area contributed by atoms with E-state index in [1.807, 2.05) is 0 Å². The molecule has 0 bridgehead atoms. The van der Waals surface area contributed by atoms with Gasteiger partial charge in [-0.15, -0.1) is 0 Å². The fourth-order valence-corrected chi connectivity index (χ4v) is 1.40. The van der Waals surface area contributed by atoms with Crippen LogP contribution in [0.5, 0.6) is 0 Å². The molecule has 92 valence electrons. The molecule has 0 saturated heterocycles. The first-order chi connectivity index (χ1) is 8.65. The summed E-state index contributed by atoms with van der Waals surface area (Å²) in [6.07, 6.45) is 1.10. The first-order valence-electron chi connectivity index (χ1n) is 5.10. The second-order valence-corrected chi connectivity index (χ2v) is 3.51. The van der Waals surface area contributed by atoms with Crippen LogP contribution in [0.25, 0.3) is 0 Å². The maximum atomic E-state index is 12.8. The van der Waals surface area contributed by atoms with Gasteiger partial charge in [0.25, 0.3) is 5.69 Å². The Bertz CT molecular complexity index is 576. The molecular weight excluding hydrogens is 239 g/mol. The molecule has 0 radical (unpaired) electrons. The molecule has 0 fully saturated rings. The SMILES string of the molecule is O=[N+]([O-])c1cccc(CNc2cc(F)ncn2)c1. The van der Waals surface area contributed by atoms with E-state index >= 15 is 0 Å². The van der Waals surface area contributed by atoms with E-state index in [4.69, 9.17) is 0 Å². The molecule has 0 atom stereocenters. The minimum atomic E-state index is -0.633. The number of non-ortho nitro benzene ring substituents is 1. The number of nitrogens with zero attached hydrogens (tertiary/aromatic N) is 3. The smallest absolute Gasteiger partial charge is 0.269 e. The largest absolute Gasteiger partial charge is 0.366 e. The molecule has 0 saturated carbocycles. The summed E-state index contributed by atoms with van der Waals surface area (Å²) < 4.78 is 12.8. The third-order valence-corrected chi connectivity index (χ3v) is 2.23. The molecule has 7 heteroatoms. The van der Waals surface area contributed by atoms with Gasteiger partial charge in [0, 0.05) is 24.7 Å². The van der Waals surface area contributed by atoms with Gasteiger partial charge in [0.2, 0.25) is 5.95 Å². The number of halogens is 1. The molecule has 0 amide bonds. The van der Waals surface area contributed by atoms with Crippen LogP contribution in [-0.4, -0.2) is 14.9 Å². The highest BCUT2D eigenvalue weighted by Crippen LogP contribution is 2.14. The average Bonchev–Trinajstić information content (AvgIpc) is 2.37. The van der Waals surface area contributed by atoms with Crippen molar-refractivity contribution in [2.24, 2.45) is 0 Å². The zero-order chi connectivity index (χ0) is 13.0. The standard InChI is InChI=1S/C11H9FN4O2/c12-10-5-11(15-7-14-10)13-6-8-2-1-3-9(4-8)16(17)18/h1-5,7H,6H2,(H,13,14,15). The van der Waals surface area contributed by atoms with E-state index < -0.39 is 10.9 Å². The van der Waals surface area contributed by atoms with Gasteiger partial charge in [0.1, 0.15) is 12.1 Å². The minimum Gasteiger partial charge on any atom is -0.366 e. The van der Waals surface area contributed by atoms with Crippen molar-refractivity contribution >= 4 is 11.5 Å². The van der Waals surface area contributed by atoms with Gasteiger partial charge in [-0.05, 0) is 5.56 Å². The quantitative estimate of drug-likeness (QED) is 0.509. The summed E-state index contributed by atoms with van der Waals surface area (Å²) in [5.74, 6) is -0.305. The summed E-state index contributed by atoms with van der Waals surface area (Å²) >= 11 is 0. The van der Waals surface area contributed by atoms with Crippen LogP contribution in [0.3, 0.4) is 0 Å². The van der Waals surface area contributed by atoms with E-state index in [9.17, 15) is 14.5 Å². The van der Waals surface area contributed by atoms with Gasteiger partial charge in [0.05, 0.1) is 4.92 Å². The second-order valence-electron chi connectivity index (χ2n) is 3.51. The summed E-state index contributed by atoms with van der Waals surface area (Å²) in [5.41, 5.74) is 0.728. The monoisotopic (exact) mass is 248 g/mol. The number of nitro groups is 1. The van der Waals surface area contributed by atoms with Crippen molar-refractivity contribution in [3.8, 4) is 0 Å². The van der Waals surface area contributed by atoms with E-state index in [2.05, 4.69) is 15.3 Å². The Morgan fingerprint density at radius 3 is 2.89 bits per heavy atom. The third-order valence-electron chi connectivity index (χ3n) is 2.23. The first-order valence-corrected chi connectivity index (χ1v) is 5.10. The van der Waals surface area contributed by atoms with Gasteiger partial charge in [-0.25, -0.2) is 9.97 Å². The van der Waals surface area contributed by atoms with Crippen LogP contribution in [0.4, 0.5) is 15.9 Å². The molecule has 2 aromatic rings. The van der Waals surface area contributed by atoms with Crippen LogP contribution in [0, 0.1) is 16.1 Å². The van der Waals surface area contributed by atoms with E-state index in [0.717, 1.165) is 12.4 Å². The van der Waals surface area contributed by atoms with Crippen LogP contribution in [-0.2, 0) is 6.54 Å². The molecule has 1 aromatic heterocycles.